The number of benzene rings is 2. The molecule has 2 aromatic carbocycles. The summed E-state index contributed by atoms with van der Waals surface area (Å²) in [6, 6.07) is 11.5. The predicted molar refractivity (Wildman–Crippen MR) is 100.0 cm³/mol. The van der Waals surface area contributed by atoms with Gasteiger partial charge in [0, 0.05) is 7.14 Å². The SMILES string of the molecule is O=S(=O)([O-])c1ccc(I)cc1.O=S(=O)([O-])c1ccc(I)cc1.[Sr+2]. The molecule has 0 aromatic heterocycles. The summed E-state index contributed by atoms with van der Waals surface area (Å²) in [4.78, 5) is -0.365. The van der Waals surface area contributed by atoms with Crippen molar-refractivity contribution in [1.82, 2.24) is 0 Å². The molecule has 0 aliphatic carbocycles. The van der Waals surface area contributed by atoms with Crippen LogP contribution in [-0.4, -0.2) is 71.4 Å². The Morgan fingerprint density at radius 2 is 0.826 bits per heavy atom. The van der Waals surface area contributed by atoms with Crippen LogP contribution in [0.2, 0.25) is 0 Å². The Kier molecular flexibility index (Phi) is 10.9. The Hall–Kier alpha value is 1.20. The Bertz CT molecular complexity index is 761. The van der Waals surface area contributed by atoms with Gasteiger partial charge in [-0.2, -0.15) is 0 Å². The van der Waals surface area contributed by atoms with Crippen LogP contribution in [0.25, 0.3) is 0 Å². The number of hydrogen-bond acceptors (Lipinski definition) is 6. The van der Waals surface area contributed by atoms with Gasteiger partial charge in [-0.1, -0.05) is 0 Å². The van der Waals surface area contributed by atoms with Gasteiger partial charge >= 0.3 is 45.5 Å². The molecule has 0 saturated carbocycles. The summed E-state index contributed by atoms with van der Waals surface area (Å²) in [6.07, 6.45) is 0. The molecule has 0 bridgehead atoms. The van der Waals surface area contributed by atoms with Gasteiger partial charge in [-0.15, -0.1) is 0 Å². The van der Waals surface area contributed by atoms with E-state index in [1.54, 1.807) is 24.3 Å². The van der Waals surface area contributed by atoms with Gasteiger partial charge in [-0.05, 0) is 93.7 Å². The van der Waals surface area contributed by atoms with Crippen LogP contribution in [0.5, 0.6) is 0 Å². The normalized spacial score (nSPS) is 11.0. The maximum atomic E-state index is 10.4. The first-order chi connectivity index (χ1) is 10.00. The standard InChI is InChI=1S/2C6H5IO3S.Sr/c2*7-5-1-3-6(4-2-5)11(8,9)10;/h2*1-4H,(H,8,9,10);/q;;+2/p-2. The molecule has 0 fully saturated rings. The van der Waals surface area contributed by atoms with Crippen LogP contribution in [0.1, 0.15) is 0 Å². The molecular weight excluding hydrogens is 646 g/mol. The van der Waals surface area contributed by atoms with E-state index in [1.165, 1.54) is 24.3 Å². The van der Waals surface area contributed by atoms with Crippen LogP contribution in [0.15, 0.2) is 58.3 Å². The monoisotopic (exact) mass is 654 g/mol. The van der Waals surface area contributed by atoms with Gasteiger partial charge in [-0.25, -0.2) is 16.8 Å². The van der Waals surface area contributed by atoms with Crippen LogP contribution in [0.4, 0.5) is 0 Å². The smallest absolute Gasteiger partial charge is 0.744 e. The predicted octanol–water partition coefficient (Wildman–Crippen LogP) is 2.01. The molecular formula is C12H8I2O6S2Sr. The summed E-state index contributed by atoms with van der Waals surface area (Å²) in [5, 5.41) is 0. The Morgan fingerprint density at radius 1 is 0.609 bits per heavy atom. The Morgan fingerprint density at radius 3 is 1.00 bits per heavy atom. The van der Waals surface area contributed by atoms with Gasteiger partial charge in [0.1, 0.15) is 20.2 Å². The maximum Gasteiger partial charge on any atom is 2.00 e. The van der Waals surface area contributed by atoms with Crippen LogP contribution < -0.4 is 0 Å². The van der Waals surface area contributed by atoms with Gasteiger partial charge in [0.2, 0.25) is 0 Å². The fourth-order valence-electron chi connectivity index (χ4n) is 1.20. The van der Waals surface area contributed by atoms with Crippen molar-refractivity contribution in [2.24, 2.45) is 0 Å². The third kappa shape index (κ3) is 9.46. The third-order valence-electron chi connectivity index (χ3n) is 2.20. The van der Waals surface area contributed by atoms with Gasteiger partial charge in [-0.3, -0.25) is 0 Å². The van der Waals surface area contributed by atoms with Gasteiger partial charge in [0.25, 0.3) is 0 Å². The minimum absolute atomic E-state index is 0. The number of hydrogen-bond donors (Lipinski definition) is 0. The van der Waals surface area contributed by atoms with Crippen molar-refractivity contribution in [1.29, 1.82) is 0 Å². The fourth-order valence-corrected chi connectivity index (χ4v) is 2.86. The largest absolute Gasteiger partial charge is 2.00 e. The minimum atomic E-state index is -4.27. The van der Waals surface area contributed by atoms with Crippen LogP contribution in [-0.2, 0) is 20.2 Å². The molecule has 0 saturated heterocycles. The van der Waals surface area contributed by atoms with Crippen molar-refractivity contribution < 1.29 is 25.9 Å². The molecule has 0 amide bonds. The van der Waals surface area contributed by atoms with Crippen LogP contribution in [0, 0.1) is 7.14 Å². The summed E-state index contributed by atoms with van der Waals surface area (Å²) >= 11 is 4.06. The Labute approximate surface area is 199 Å². The molecule has 2 aromatic rings. The van der Waals surface area contributed by atoms with E-state index in [1.807, 2.05) is 45.2 Å². The van der Waals surface area contributed by atoms with Crippen LogP contribution in [0.3, 0.4) is 0 Å². The molecule has 0 radical (unpaired) electrons. The summed E-state index contributed by atoms with van der Waals surface area (Å²) in [7, 11) is -8.55. The molecule has 120 valence electrons. The third-order valence-corrected chi connectivity index (χ3v) is 5.34. The molecule has 23 heavy (non-hydrogen) atoms. The van der Waals surface area contributed by atoms with Crippen LogP contribution >= 0.6 is 45.2 Å². The van der Waals surface area contributed by atoms with Crippen molar-refractivity contribution in [2.75, 3.05) is 0 Å². The molecule has 0 aliphatic rings. The van der Waals surface area contributed by atoms with E-state index in [0.29, 0.717) is 0 Å². The molecule has 0 N–H and O–H groups in total. The molecule has 11 heteroatoms. The maximum absolute atomic E-state index is 10.4. The van der Waals surface area contributed by atoms with Crippen molar-refractivity contribution in [3.63, 3.8) is 0 Å². The molecule has 0 heterocycles. The molecule has 0 aliphatic heterocycles. The van der Waals surface area contributed by atoms with Crippen molar-refractivity contribution in [2.45, 2.75) is 9.79 Å². The fraction of sp³-hybridized carbons (Fsp3) is 0. The van der Waals surface area contributed by atoms with Crippen molar-refractivity contribution in [3.05, 3.63) is 55.7 Å². The van der Waals surface area contributed by atoms with Gasteiger partial charge < -0.3 is 9.11 Å². The molecule has 0 atom stereocenters. The summed E-state index contributed by atoms with van der Waals surface area (Å²) in [5.41, 5.74) is 0. The Balaban J connectivity index is 0.000000403. The summed E-state index contributed by atoms with van der Waals surface area (Å²) in [6.45, 7) is 0. The van der Waals surface area contributed by atoms with Gasteiger partial charge in [0.05, 0.1) is 9.79 Å². The summed E-state index contributed by atoms with van der Waals surface area (Å²) in [5.74, 6) is 0. The van der Waals surface area contributed by atoms with E-state index in [-0.39, 0.29) is 55.3 Å². The van der Waals surface area contributed by atoms with E-state index in [9.17, 15) is 25.9 Å². The first-order valence-electron chi connectivity index (χ1n) is 5.43. The molecule has 0 spiro atoms. The zero-order valence-corrected chi connectivity index (χ0v) is 20.8. The second-order valence-corrected chi connectivity index (χ2v) is 9.07. The number of halogens is 2. The molecule has 6 nitrogen and oxygen atoms in total. The first-order valence-corrected chi connectivity index (χ1v) is 10.4. The first kappa shape index (κ1) is 24.2. The average molecular weight is 654 g/mol. The second-order valence-electron chi connectivity index (χ2n) is 3.82. The van der Waals surface area contributed by atoms with Crippen molar-refractivity contribution >= 4 is 111 Å². The second kappa shape index (κ2) is 10.4. The summed E-state index contributed by atoms with van der Waals surface area (Å²) < 4.78 is 64.1. The molecule has 2 rings (SSSR count). The number of rotatable bonds is 2. The van der Waals surface area contributed by atoms with E-state index in [0.717, 1.165) is 7.14 Å². The van der Waals surface area contributed by atoms with E-state index in [4.69, 9.17) is 0 Å². The minimum Gasteiger partial charge on any atom is -0.744 e. The average Bonchev–Trinajstić information content (AvgIpc) is 2.38. The quantitative estimate of drug-likeness (QED) is 0.279. The van der Waals surface area contributed by atoms with E-state index in [2.05, 4.69) is 0 Å². The topological polar surface area (TPSA) is 114 Å². The molecule has 0 unspecified atom stereocenters. The van der Waals surface area contributed by atoms with Gasteiger partial charge in [0.15, 0.2) is 0 Å². The van der Waals surface area contributed by atoms with E-state index < -0.39 is 20.2 Å². The van der Waals surface area contributed by atoms with E-state index >= 15 is 0 Å². The zero-order valence-electron chi connectivity index (χ0n) is 11.3. The zero-order chi connectivity index (χ0) is 17.0. The van der Waals surface area contributed by atoms with Crippen molar-refractivity contribution in [3.8, 4) is 0 Å².